The van der Waals surface area contributed by atoms with Gasteiger partial charge < -0.3 is 16.6 Å². The van der Waals surface area contributed by atoms with Gasteiger partial charge in [-0.25, -0.2) is 0 Å². The Kier molecular flexibility index (Phi) is 9.52. The van der Waals surface area contributed by atoms with Gasteiger partial charge in [0.25, 0.3) is 0 Å². The molecule has 1 aliphatic rings. The molecular weight excluding hydrogens is 304 g/mol. The third kappa shape index (κ3) is 7.75. The lowest BCUT2D eigenvalue weighted by Gasteiger charge is -2.29. The molecule has 0 aromatic heterocycles. The fraction of sp³-hybridized carbons (Fsp3) is 0.895. The number of ketones is 1. The van der Waals surface area contributed by atoms with Crippen molar-refractivity contribution in [3.63, 3.8) is 0 Å². The van der Waals surface area contributed by atoms with Crippen LogP contribution in [0.25, 0.3) is 0 Å². The highest BCUT2D eigenvalue weighted by atomic mass is 16.3. The number of aliphatic hydroxyl groups is 1. The van der Waals surface area contributed by atoms with Gasteiger partial charge in [0, 0.05) is 24.8 Å². The highest BCUT2D eigenvalue weighted by molar-refractivity contribution is 5.82. The fourth-order valence-electron chi connectivity index (χ4n) is 3.80. The van der Waals surface area contributed by atoms with Crippen molar-refractivity contribution in [3.8, 4) is 0 Å². The molecule has 1 amide bonds. The summed E-state index contributed by atoms with van der Waals surface area (Å²) < 4.78 is 0. The molecule has 0 bridgehead atoms. The Balaban J connectivity index is 2.46. The number of amides is 1. The van der Waals surface area contributed by atoms with Crippen LogP contribution in [0.15, 0.2) is 0 Å². The van der Waals surface area contributed by atoms with Gasteiger partial charge in [0.2, 0.25) is 5.91 Å². The van der Waals surface area contributed by atoms with Crippen LogP contribution in [0.4, 0.5) is 0 Å². The summed E-state index contributed by atoms with van der Waals surface area (Å²) in [6, 6.07) is -0.257. The van der Waals surface area contributed by atoms with Gasteiger partial charge in [0.15, 0.2) is 0 Å². The van der Waals surface area contributed by atoms with E-state index in [2.05, 4.69) is 0 Å². The molecular formula is C19H36N2O3. The molecule has 3 unspecified atom stereocenters. The minimum atomic E-state index is -0.639. The number of aliphatic hydroxyl groups excluding tert-OH is 1. The third-order valence-corrected chi connectivity index (χ3v) is 5.38. The second kappa shape index (κ2) is 10.8. The molecule has 24 heavy (non-hydrogen) atoms. The number of carbonyl (C=O) groups is 2. The molecule has 0 heterocycles. The first kappa shape index (κ1) is 21.1. The molecule has 5 N–H and O–H groups in total. The Labute approximate surface area is 146 Å². The van der Waals surface area contributed by atoms with Gasteiger partial charge in [-0.1, -0.05) is 46.0 Å². The van der Waals surface area contributed by atoms with E-state index < -0.39 is 6.10 Å². The summed E-state index contributed by atoms with van der Waals surface area (Å²) in [7, 11) is 0. The average molecular weight is 341 g/mol. The van der Waals surface area contributed by atoms with Gasteiger partial charge in [-0.3, -0.25) is 9.59 Å². The number of nitrogens with two attached hydrogens (primary N) is 2. The lowest BCUT2D eigenvalue weighted by Crippen LogP contribution is -2.40. The van der Waals surface area contributed by atoms with Crippen molar-refractivity contribution in [1.29, 1.82) is 0 Å². The van der Waals surface area contributed by atoms with E-state index in [4.69, 9.17) is 11.5 Å². The van der Waals surface area contributed by atoms with Crippen LogP contribution in [0.3, 0.4) is 0 Å². The number of rotatable bonds is 11. The van der Waals surface area contributed by atoms with E-state index in [0.717, 1.165) is 6.42 Å². The predicted octanol–water partition coefficient (Wildman–Crippen LogP) is 2.53. The summed E-state index contributed by atoms with van der Waals surface area (Å²) in [5, 5.41) is 10.5. The summed E-state index contributed by atoms with van der Waals surface area (Å²) >= 11 is 0. The average Bonchev–Trinajstić information content (AvgIpc) is 2.52. The summed E-state index contributed by atoms with van der Waals surface area (Å²) in [6.45, 7) is 3.99. The number of primary amides is 1. The molecule has 0 saturated heterocycles. The van der Waals surface area contributed by atoms with E-state index in [9.17, 15) is 14.7 Å². The van der Waals surface area contributed by atoms with Gasteiger partial charge in [-0.05, 0) is 31.1 Å². The van der Waals surface area contributed by atoms with Gasteiger partial charge in [0.05, 0.1) is 6.10 Å². The van der Waals surface area contributed by atoms with Gasteiger partial charge in [-0.15, -0.1) is 0 Å². The molecule has 0 radical (unpaired) electrons. The first-order valence-corrected chi connectivity index (χ1v) is 9.56. The zero-order valence-corrected chi connectivity index (χ0v) is 15.4. The molecule has 0 spiro atoms. The van der Waals surface area contributed by atoms with Gasteiger partial charge in [0.1, 0.15) is 5.78 Å². The zero-order chi connectivity index (χ0) is 18.1. The normalized spacial score (nSPS) is 19.9. The Morgan fingerprint density at radius 3 is 2.29 bits per heavy atom. The van der Waals surface area contributed by atoms with E-state index in [-0.39, 0.29) is 36.0 Å². The van der Waals surface area contributed by atoms with E-state index in [1.165, 1.54) is 32.1 Å². The largest absolute Gasteiger partial charge is 0.391 e. The van der Waals surface area contributed by atoms with Gasteiger partial charge in [-0.2, -0.15) is 0 Å². The lowest BCUT2D eigenvalue weighted by molar-refractivity contribution is -0.125. The summed E-state index contributed by atoms with van der Waals surface area (Å²) in [5.41, 5.74) is 11.3. The molecule has 1 rings (SSSR count). The van der Waals surface area contributed by atoms with E-state index in [1.807, 2.05) is 13.8 Å². The van der Waals surface area contributed by atoms with Crippen LogP contribution in [-0.2, 0) is 9.59 Å². The summed E-state index contributed by atoms with van der Waals surface area (Å²) in [4.78, 5) is 23.2. The fourth-order valence-corrected chi connectivity index (χ4v) is 3.80. The quantitative estimate of drug-likeness (QED) is 0.537. The molecule has 140 valence electrons. The minimum absolute atomic E-state index is 0.107. The van der Waals surface area contributed by atoms with E-state index in [0.29, 0.717) is 25.2 Å². The maximum atomic E-state index is 12.4. The summed E-state index contributed by atoms with van der Waals surface area (Å²) in [6.07, 6.45) is 7.95. The van der Waals surface area contributed by atoms with Crippen molar-refractivity contribution in [2.75, 3.05) is 0 Å². The molecule has 0 aliphatic heterocycles. The predicted molar refractivity (Wildman–Crippen MR) is 96.2 cm³/mol. The highest BCUT2D eigenvalue weighted by Crippen LogP contribution is 2.29. The SMILES string of the molecule is CC(C)C(CC(O)C(N)CC1CCCCC1)C(=O)CCCC(N)=O. The summed E-state index contributed by atoms with van der Waals surface area (Å²) in [5.74, 6) is 0.300. The van der Waals surface area contributed by atoms with Crippen molar-refractivity contribution in [2.24, 2.45) is 29.2 Å². The first-order valence-electron chi connectivity index (χ1n) is 9.56. The first-order chi connectivity index (χ1) is 11.3. The highest BCUT2D eigenvalue weighted by Gasteiger charge is 2.28. The maximum absolute atomic E-state index is 12.4. The van der Waals surface area contributed by atoms with Crippen molar-refractivity contribution in [1.82, 2.24) is 0 Å². The zero-order valence-electron chi connectivity index (χ0n) is 15.4. The van der Waals surface area contributed by atoms with Gasteiger partial charge >= 0.3 is 0 Å². The van der Waals surface area contributed by atoms with E-state index >= 15 is 0 Å². The Bertz CT molecular complexity index is 392. The second-order valence-corrected chi connectivity index (χ2v) is 7.84. The third-order valence-electron chi connectivity index (χ3n) is 5.38. The van der Waals surface area contributed by atoms with Crippen LogP contribution in [0.1, 0.15) is 78.1 Å². The topological polar surface area (TPSA) is 106 Å². The second-order valence-electron chi connectivity index (χ2n) is 7.84. The molecule has 5 nitrogen and oxygen atoms in total. The molecule has 0 aromatic rings. The Morgan fingerprint density at radius 2 is 1.75 bits per heavy atom. The van der Waals surface area contributed by atoms with Crippen LogP contribution < -0.4 is 11.5 Å². The Hall–Kier alpha value is -0.940. The van der Waals surface area contributed by atoms with E-state index in [1.54, 1.807) is 0 Å². The van der Waals surface area contributed by atoms with Crippen LogP contribution >= 0.6 is 0 Å². The van der Waals surface area contributed by atoms with Crippen LogP contribution in [0.2, 0.25) is 0 Å². The number of hydrogen-bond acceptors (Lipinski definition) is 4. The molecule has 3 atom stereocenters. The molecule has 1 saturated carbocycles. The van der Waals surface area contributed by atoms with Crippen LogP contribution in [0.5, 0.6) is 0 Å². The van der Waals surface area contributed by atoms with Crippen LogP contribution in [0, 0.1) is 17.8 Å². The standard InChI is InChI=1S/C19H36N2O3/c1-13(2)15(17(22)9-6-10-19(21)24)12-18(23)16(20)11-14-7-4-3-5-8-14/h13-16,18,23H,3-12,20H2,1-2H3,(H2,21,24). The van der Waals surface area contributed by atoms with Crippen molar-refractivity contribution < 1.29 is 14.7 Å². The number of carbonyl (C=O) groups excluding carboxylic acids is 2. The smallest absolute Gasteiger partial charge is 0.217 e. The monoisotopic (exact) mass is 340 g/mol. The molecule has 0 aromatic carbocycles. The molecule has 1 aliphatic carbocycles. The van der Waals surface area contributed by atoms with Crippen molar-refractivity contribution in [2.45, 2.75) is 90.2 Å². The number of hydrogen-bond donors (Lipinski definition) is 3. The lowest BCUT2D eigenvalue weighted by atomic mass is 9.80. The molecule has 1 fully saturated rings. The van der Waals surface area contributed by atoms with Crippen molar-refractivity contribution >= 4 is 11.7 Å². The minimum Gasteiger partial charge on any atom is -0.391 e. The Morgan fingerprint density at radius 1 is 1.12 bits per heavy atom. The van der Waals surface area contributed by atoms with Crippen molar-refractivity contribution in [3.05, 3.63) is 0 Å². The number of Topliss-reactive ketones (excluding diaryl/α,β-unsaturated/α-hetero) is 1. The van der Waals surface area contributed by atoms with Crippen LogP contribution in [-0.4, -0.2) is 28.9 Å². The maximum Gasteiger partial charge on any atom is 0.217 e. The molecule has 5 heteroatoms.